The fourth-order valence-corrected chi connectivity index (χ4v) is 2.86. The number of rotatable bonds is 5. The maximum atomic E-state index is 10.2. The Morgan fingerprint density at radius 3 is 1.96 bits per heavy atom. The molecule has 0 aliphatic heterocycles. The molecule has 0 aliphatic rings. The van der Waals surface area contributed by atoms with Gasteiger partial charge < -0.3 is 19.3 Å². The predicted octanol–water partition coefficient (Wildman–Crippen LogP) is 4.05. The second kappa shape index (κ2) is 6.92. The van der Waals surface area contributed by atoms with Gasteiger partial charge in [-0.1, -0.05) is 6.07 Å². The lowest BCUT2D eigenvalue weighted by molar-refractivity contribution is 0.199. The summed E-state index contributed by atoms with van der Waals surface area (Å²) in [6, 6.07) is 7.73. The Morgan fingerprint density at radius 1 is 0.826 bits per heavy atom. The van der Waals surface area contributed by atoms with Crippen molar-refractivity contribution in [2.24, 2.45) is 0 Å². The lowest BCUT2D eigenvalue weighted by Gasteiger charge is -2.21. The Kier molecular flexibility index (Phi) is 5.16. The van der Waals surface area contributed by atoms with Crippen molar-refractivity contribution in [3.63, 3.8) is 0 Å². The molecule has 0 aromatic heterocycles. The molecule has 1 unspecified atom stereocenters. The normalized spacial score (nSPS) is 12.0. The van der Waals surface area contributed by atoms with Gasteiger partial charge in [0.2, 0.25) is 0 Å². The van der Waals surface area contributed by atoms with Crippen LogP contribution in [0.1, 0.15) is 29.7 Å². The van der Waals surface area contributed by atoms with Crippen molar-refractivity contribution in [3.8, 4) is 28.4 Å². The SMILES string of the molecule is COc1cc(C)c(-c2c(OC)cc(C)cc2C(C)O)c(OC)c1. The zero-order valence-electron chi connectivity index (χ0n) is 14.6. The van der Waals surface area contributed by atoms with Gasteiger partial charge in [-0.2, -0.15) is 0 Å². The first kappa shape index (κ1) is 17.2. The van der Waals surface area contributed by atoms with E-state index in [0.717, 1.165) is 33.6 Å². The average Bonchev–Trinajstić information content (AvgIpc) is 2.53. The molecule has 0 amide bonds. The van der Waals surface area contributed by atoms with Gasteiger partial charge >= 0.3 is 0 Å². The van der Waals surface area contributed by atoms with Gasteiger partial charge in [0.1, 0.15) is 17.2 Å². The van der Waals surface area contributed by atoms with Gasteiger partial charge in [0.25, 0.3) is 0 Å². The number of aliphatic hydroxyl groups excluding tert-OH is 1. The van der Waals surface area contributed by atoms with Crippen molar-refractivity contribution in [1.82, 2.24) is 0 Å². The average molecular weight is 316 g/mol. The minimum atomic E-state index is -0.620. The fourth-order valence-electron chi connectivity index (χ4n) is 2.86. The number of aryl methyl sites for hydroxylation is 2. The largest absolute Gasteiger partial charge is 0.497 e. The number of hydrogen-bond donors (Lipinski definition) is 1. The number of benzene rings is 2. The van der Waals surface area contributed by atoms with Gasteiger partial charge in [0.15, 0.2) is 0 Å². The predicted molar refractivity (Wildman–Crippen MR) is 91.6 cm³/mol. The van der Waals surface area contributed by atoms with Crippen LogP contribution in [0.15, 0.2) is 24.3 Å². The summed E-state index contributed by atoms with van der Waals surface area (Å²) >= 11 is 0. The van der Waals surface area contributed by atoms with E-state index in [1.807, 2.05) is 38.1 Å². The molecule has 0 aliphatic carbocycles. The molecule has 0 fully saturated rings. The van der Waals surface area contributed by atoms with E-state index in [2.05, 4.69) is 0 Å². The summed E-state index contributed by atoms with van der Waals surface area (Å²) in [6.07, 6.45) is -0.620. The highest BCUT2D eigenvalue weighted by Gasteiger charge is 2.21. The quantitative estimate of drug-likeness (QED) is 0.904. The van der Waals surface area contributed by atoms with Crippen LogP contribution in [0.25, 0.3) is 11.1 Å². The number of aliphatic hydroxyl groups is 1. The first-order valence-corrected chi connectivity index (χ1v) is 7.52. The third-order valence-corrected chi connectivity index (χ3v) is 3.93. The Hall–Kier alpha value is -2.20. The molecule has 23 heavy (non-hydrogen) atoms. The molecule has 0 radical (unpaired) electrons. The monoisotopic (exact) mass is 316 g/mol. The number of hydrogen-bond acceptors (Lipinski definition) is 4. The first-order valence-electron chi connectivity index (χ1n) is 7.52. The van der Waals surface area contributed by atoms with E-state index in [0.29, 0.717) is 11.5 Å². The van der Waals surface area contributed by atoms with Crippen LogP contribution in [0.3, 0.4) is 0 Å². The van der Waals surface area contributed by atoms with Crippen LogP contribution < -0.4 is 14.2 Å². The van der Waals surface area contributed by atoms with Crippen LogP contribution >= 0.6 is 0 Å². The van der Waals surface area contributed by atoms with Crippen LogP contribution in [0.4, 0.5) is 0 Å². The van der Waals surface area contributed by atoms with Crippen LogP contribution in [-0.4, -0.2) is 26.4 Å². The van der Waals surface area contributed by atoms with E-state index in [1.165, 1.54) is 0 Å². The highest BCUT2D eigenvalue weighted by atomic mass is 16.5. The zero-order valence-corrected chi connectivity index (χ0v) is 14.6. The van der Waals surface area contributed by atoms with E-state index in [4.69, 9.17) is 14.2 Å². The molecule has 1 atom stereocenters. The van der Waals surface area contributed by atoms with Crippen molar-refractivity contribution < 1.29 is 19.3 Å². The molecule has 0 spiro atoms. The summed E-state index contributed by atoms with van der Waals surface area (Å²) in [4.78, 5) is 0. The summed E-state index contributed by atoms with van der Waals surface area (Å²) in [5.74, 6) is 2.13. The van der Waals surface area contributed by atoms with Crippen LogP contribution in [-0.2, 0) is 0 Å². The summed E-state index contributed by atoms with van der Waals surface area (Å²) < 4.78 is 16.5. The molecule has 1 N–H and O–H groups in total. The Balaban J connectivity index is 2.85. The van der Waals surface area contributed by atoms with Gasteiger partial charge in [-0.25, -0.2) is 0 Å². The first-order chi connectivity index (χ1) is 10.9. The van der Waals surface area contributed by atoms with E-state index in [-0.39, 0.29) is 0 Å². The maximum absolute atomic E-state index is 10.2. The summed E-state index contributed by atoms with van der Waals surface area (Å²) in [6.45, 7) is 5.73. The molecule has 2 aromatic carbocycles. The van der Waals surface area contributed by atoms with E-state index in [9.17, 15) is 5.11 Å². The molecular weight excluding hydrogens is 292 g/mol. The smallest absolute Gasteiger partial charge is 0.130 e. The van der Waals surface area contributed by atoms with Crippen molar-refractivity contribution in [2.75, 3.05) is 21.3 Å². The topological polar surface area (TPSA) is 47.9 Å². The lowest BCUT2D eigenvalue weighted by Crippen LogP contribution is -2.02. The maximum Gasteiger partial charge on any atom is 0.130 e. The van der Waals surface area contributed by atoms with Gasteiger partial charge in [-0.3, -0.25) is 0 Å². The number of ether oxygens (including phenoxy) is 3. The van der Waals surface area contributed by atoms with E-state index in [1.54, 1.807) is 28.3 Å². The van der Waals surface area contributed by atoms with Gasteiger partial charge in [-0.05, 0) is 49.6 Å². The van der Waals surface area contributed by atoms with E-state index >= 15 is 0 Å². The minimum absolute atomic E-state index is 0.620. The fraction of sp³-hybridized carbons (Fsp3) is 0.368. The summed E-state index contributed by atoms with van der Waals surface area (Å²) in [5, 5.41) is 10.2. The molecule has 4 nitrogen and oxygen atoms in total. The lowest BCUT2D eigenvalue weighted by atomic mass is 9.90. The molecular formula is C19H24O4. The molecule has 4 heteroatoms. The van der Waals surface area contributed by atoms with Crippen molar-refractivity contribution in [2.45, 2.75) is 26.9 Å². The molecule has 0 bridgehead atoms. The summed E-state index contributed by atoms with van der Waals surface area (Å²) in [7, 11) is 4.89. The molecule has 0 saturated heterocycles. The third kappa shape index (κ3) is 3.27. The van der Waals surface area contributed by atoms with Crippen LogP contribution in [0, 0.1) is 13.8 Å². The highest BCUT2D eigenvalue weighted by Crippen LogP contribution is 2.45. The molecule has 2 rings (SSSR count). The third-order valence-electron chi connectivity index (χ3n) is 3.93. The Morgan fingerprint density at radius 2 is 1.43 bits per heavy atom. The van der Waals surface area contributed by atoms with Crippen molar-refractivity contribution >= 4 is 0 Å². The number of methoxy groups -OCH3 is 3. The molecule has 2 aromatic rings. The van der Waals surface area contributed by atoms with Crippen LogP contribution in [0.5, 0.6) is 17.2 Å². The summed E-state index contributed by atoms with van der Waals surface area (Å²) in [5.41, 5.74) is 4.59. The Labute approximate surface area is 137 Å². The second-order valence-corrected chi connectivity index (χ2v) is 5.63. The molecule has 0 saturated carbocycles. The molecule has 0 heterocycles. The van der Waals surface area contributed by atoms with Crippen LogP contribution in [0.2, 0.25) is 0 Å². The highest BCUT2D eigenvalue weighted by molar-refractivity contribution is 5.82. The second-order valence-electron chi connectivity index (χ2n) is 5.63. The van der Waals surface area contributed by atoms with Crippen molar-refractivity contribution in [1.29, 1.82) is 0 Å². The Bertz CT molecular complexity index is 705. The zero-order chi connectivity index (χ0) is 17.1. The van der Waals surface area contributed by atoms with Gasteiger partial charge in [0.05, 0.1) is 27.4 Å². The van der Waals surface area contributed by atoms with Gasteiger partial charge in [0, 0.05) is 17.2 Å². The molecule has 124 valence electrons. The minimum Gasteiger partial charge on any atom is -0.497 e. The van der Waals surface area contributed by atoms with Gasteiger partial charge in [-0.15, -0.1) is 0 Å². The van der Waals surface area contributed by atoms with E-state index < -0.39 is 6.10 Å². The van der Waals surface area contributed by atoms with Crippen molar-refractivity contribution in [3.05, 3.63) is 41.0 Å². The standard InChI is InChI=1S/C19H24O4/c1-11-7-15(13(3)20)19(16(8-11)22-5)18-12(2)9-14(21-4)10-17(18)23-6/h7-10,13,20H,1-6H3.